The standard InChI is InChI=1S/C19H19F3N2OS/c20-19(21,22)15-5-1-2-6-16(15)24-18(25)13-8-10-14(11-9-13)26-17-7-3-4-12-23-17/h3-4,7-12,15-16H,1-2,5-6H2,(H,24,25). The lowest BCUT2D eigenvalue weighted by atomic mass is 9.84. The SMILES string of the molecule is O=C(NC1CCCCC1C(F)(F)F)c1ccc(Sc2ccccn2)cc1. The number of carbonyl (C=O) groups excluding carboxylic acids is 1. The van der Waals surface area contributed by atoms with E-state index in [0.717, 1.165) is 9.92 Å². The maximum absolute atomic E-state index is 13.1. The first-order chi connectivity index (χ1) is 12.4. The van der Waals surface area contributed by atoms with E-state index in [9.17, 15) is 18.0 Å². The Hall–Kier alpha value is -2.02. The molecule has 1 N–H and O–H groups in total. The van der Waals surface area contributed by atoms with Gasteiger partial charge in [0.15, 0.2) is 0 Å². The van der Waals surface area contributed by atoms with Crippen molar-refractivity contribution in [1.29, 1.82) is 0 Å². The summed E-state index contributed by atoms with van der Waals surface area (Å²) in [5.41, 5.74) is 0.363. The van der Waals surface area contributed by atoms with Crippen molar-refractivity contribution in [2.45, 2.75) is 47.8 Å². The lowest BCUT2D eigenvalue weighted by Crippen LogP contribution is -2.47. The normalized spacial score (nSPS) is 20.6. The summed E-state index contributed by atoms with van der Waals surface area (Å²) in [6.45, 7) is 0. The van der Waals surface area contributed by atoms with Gasteiger partial charge in [-0.25, -0.2) is 4.98 Å². The number of alkyl halides is 3. The third-order valence-electron chi connectivity index (χ3n) is 4.48. The molecule has 3 rings (SSSR count). The van der Waals surface area contributed by atoms with Gasteiger partial charge in [0.05, 0.1) is 5.92 Å². The van der Waals surface area contributed by atoms with Gasteiger partial charge in [-0.3, -0.25) is 4.79 Å². The Morgan fingerprint density at radius 2 is 1.81 bits per heavy atom. The Morgan fingerprint density at radius 1 is 1.08 bits per heavy atom. The molecule has 1 aromatic heterocycles. The Labute approximate surface area is 154 Å². The fourth-order valence-electron chi connectivity index (χ4n) is 3.15. The Bertz CT molecular complexity index is 735. The summed E-state index contributed by atoms with van der Waals surface area (Å²) < 4.78 is 39.4. The highest BCUT2D eigenvalue weighted by atomic mass is 32.2. The molecule has 1 aliphatic carbocycles. The monoisotopic (exact) mass is 380 g/mol. The summed E-state index contributed by atoms with van der Waals surface area (Å²) in [6.07, 6.45) is -0.877. The molecule has 0 bridgehead atoms. The Balaban J connectivity index is 1.64. The minimum Gasteiger partial charge on any atom is -0.349 e. The van der Waals surface area contributed by atoms with E-state index in [4.69, 9.17) is 0 Å². The van der Waals surface area contributed by atoms with Gasteiger partial charge in [0, 0.05) is 22.7 Å². The van der Waals surface area contributed by atoms with Crippen molar-refractivity contribution >= 4 is 17.7 Å². The Morgan fingerprint density at radius 3 is 2.46 bits per heavy atom. The van der Waals surface area contributed by atoms with Crippen LogP contribution in [0.2, 0.25) is 0 Å². The molecule has 1 aliphatic rings. The molecule has 1 aromatic carbocycles. The van der Waals surface area contributed by atoms with Crippen LogP contribution in [0.1, 0.15) is 36.0 Å². The van der Waals surface area contributed by atoms with Gasteiger partial charge in [-0.1, -0.05) is 30.7 Å². The summed E-state index contributed by atoms with van der Waals surface area (Å²) in [7, 11) is 0. The summed E-state index contributed by atoms with van der Waals surface area (Å²) >= 11 is 1.46. The number of nitrogens with zero attached hydrogens (tertiary/aromatic N) is 1. The number of halogens is 3. The van der Waals surface area contributed by atoms with E-state index in [0.29, 0.717) is 24.8 Å². The second-order valence-corrected chi connectivity index (χ2v) is 7.40. The minimum atomic E-state index is -4.28. The van der Waals surface area contributed by atoms with Gasteiger partial charge >= 0.3 is 6.18 Å². The largest absolute Gasteiger partial charge is 0.393 e. The third-order valence-corrected chi connectivity index (χ3v) is 5.44. The average Bonchev–Trinajstić information content (AvgIpc) is 2.63. The molecule has 1 saturated carbocycles. The highest BCUT2D eigenvalue weighted by molar-refractivity contribution is 7.99. The molecule has 0 radical (unpaired) electrons. The number of nitrogens with one attached hydrogen (secondary N) is 1. The molecule has 26 heavy (non-hydrogen) atoms. The van der Waals surface area contributed by atoms with Crippen molar-refractivity contribution in [1.82, 2.24) is 10.3 Å². The third kappa shape index (κ3) is 4.78. The summed E-state index contributed by atoms with van der Waals surface area (Å²) in [6, 6.07) is 11.6. The smallest absolute Gasteiger partial charge is 0.349 e. The molecule has 1 amide bonds. The van der Waals surface area contributed by atoms with Crippen LogP contribution < -0.4 is 5.32 Å². The molecule has 1 heterocycles. The van der Waals surface area contributed by atoms with Gasteiger partial charge in [-0.2, -0.15) is 13.2 Å². The lowest BCUT2D eigenvalue weighted by molar-refractivity contribution is -0.187. The number of hydrogen-bond acceptors (Lipinski definition) is 3. The highest BCUT2D eigenvalue weighted by Crippen LogP contribution is 2.37. The van der Waals surface area contributed by atoms with Crippen molar-refractivity contribution < 1.29 is 18.0 Å². The number of carbonyl (C=O) groups is 1. The van der Waals surface area contributed by atoms with Gasteiger partial charge < -0.3 is 5.32 Å². The minimum absolute atomic E-state index is 0.0775. The molecule has 2 aromatic rings. The van der Waals surface area contributed by atoms with Crippen LogP contribution in [-0.2, 0) is 0 Å². The molecule has 1 fully saturated rings. The van der Waals surface area contributed by atoms with Gasteiger partial charge in [0.2, 0.25) is 0 Å². The van der Waals surface area contributed by atoms with E-state index >= 15 is 0 Å². The van der Waals surface area contributed by atoms with Crippen LogP contribution >= 0.6 is 11.8 Å². The van der Waals surface area contributed by atoms with E-state index in [1.54, 1.807) is 30.5 Å². The molecule has 3 nitrogen and oxygen atoms in total. The van der Waals surface area contributed by atoms with Crippen molar-refractivity contribution in [3.63, 3.8) is 0 Å². The van der Waals surface area contributed by atoms with Crippen LogP contribution in [0.15, 0.2) is 58.6 Å². The number of hydrogen-bond donors (Lipinski definition) is 1. The average molecular weight is 380 g/mol. The van der Waals surface area contributed by atoms with Crippen LogP contribution in [-0.4, -0.2) is 23.1 Å². The van der Waals surface area contributed by atoms with Crippen LogP contribution in [0.25, 0.3) is 0 Å². The second kappa shape index (κ2) is 8.12. The van der Waals surface area contributed by atoms with Crippen LogP contribution in [0, 0.1) is 5.92 Å². The van der Waals surface area contributed by atoms with E-state index in [1.165, 1.54) is 11.8 Å². The fraction of sp³-hybridized carbons (Fsp3) is 0.368. The lowest BCUT2D eigenvalue weighted by Gasteiger charge is -2.33. The zero-order valence-electron chi connectivity index (χ0n) is 14.0. The molecular weight excluding hydrogens is 361 g/mol. The van der Waals surface area contributed by atoms with Crippen molar-refractivity contribution in [3.8, 4) is 0 Å². The van der Waals surface area contributed by atoms with Gasteiger partial charge in [-0.05, 0) is 49.2 Å². The molecule has 0 aliphatic heterocycles. The molecular formula is C19H19F3N2OS. The first-order valence-corrected chi connectivity index (χ1v) is 9.31. The fourth-order valence-corrected chi connectivity index (χ4v) is 3.92. The van der Waals surface area contributed by atoms with Crippen molar-refractivity contribution in [2.75, 3.05) is 0 Å². The van der Waals surface area contributed by atoms with E-state index < -0.39 is 24.0 Å². The topological polar surface area (TPSA) is 42.0 Å². The molecule has 2 unspecified atom stereocenters. The zero-order chi connectivity index (χ0) is 18.6. The molecule has 138 valence electrons. The number of amides is 1. The molecule has 7 heteroatoms. The summed E-state index contributed by atoms with van der Waals surface area (Å²) in [5.74, 6) is -1.92. The van der Waals surface area contributed by atoms with E-state index in [1.807, 2.05) is 18.2 Å². The van der Waals surface area contributed by atoms with Crippen molar-refractivity contribution in [2.24, 2.45) is 5.92 Å². The Kier molecular flexibility index (Phi) is 5.86. The molecule has 0 spiro atoms. The highest BCUT2D eigenvalue weighted by Gasteiger charge is 2.45. The van der Waals surface area contributed by atoms with Gasteiger partial charge in [0.25, 0.3) is 5.91 Å². The zero-order valence-corrected chi connectivity index (χ0v) is 14.8. The number of pyridine rings is 1. The molecule has 0 saturated heterocycles. The summed E-state index contributed by atoms with van der Waals surface area (Å²) in [4.78, 5) is 17.5. The predicted octanol–water partition coefficient (Wildman–Crippen LogP) is 5.08. The first kappa shape index (κ1) is 18.8. The van der Waals surface area contributed by atoms with Crippen LogP contribution in [0.5, 0.6) is 0 Å². The second-order valence-electron chi connectivity index (χ2n) is 6.31. The maximum Gasteiger partial charge on any atom is 0.393 e. The number of aromatic nitrogens is 1. The van der Waals surface area contributed by atoms with Gasteiger partial charge in [0.1, 0.15) is 5.03 Å². The summed E-state index contributed by atoms with van der Waals surface area (Å²) in [5, 5.41) is 3.42. The maximum atomic E-state index is 13.1. The van der Waals surface area contributed by atoms with Crippen molar-refractivity contribution in [3.05, 3.63) is 54.2 Å². The van der Waals surface area contributed by atoms with E-state index in [2.05, 4.69) is 10.3 Å². The van der Waals surface area contributed by atoms with Crippen LogP contribution in [0.3, 0.4) is 0 Å². The quantitative estimate of drug-likeness (QED) is 0.804. The van der Waals surface area contributed by atoms with Crippen LogP contribution in [0.4, 0.5) is 13.2 Å². The molecule has 2 atom stereocenters. The van der Waals surface area contributed by atoms with E-state index in [-0.39, 0.29) is 6.42 Å². The van der Waals surface area contributed by atoms with Gasteiger partial charge in [-0.15, -0.1) is 0 Å². The number of benzene rings is 1. The first-order valence-electron chi connectivity index (χ1n) is 8.50. The predicted molar refractivity (Wildman–Crippen MR) is 94.1 cm³/mol. The number of rotatable bonds is 4.